The lowest BCUT2D eigenvalue weighted by Crippen LogP contribution is -2.46. The second kappa shape index (κ2) is 4.93. The number of carbonyl (C=O) groups is 1. The first-order chi connectivity index (χ1) is 9.29. The minimum atomic E-state index is 0.0553. The summed E-state index contributed by atoms with van der Waals surface area (Å²) in [5.41, 5.74) is 1.55. The normalized spacial score (nSPS) is 15.7. The van der Waals surface area contributed by atoms with Gasteiger partial charge in [0.05, 0.1) is 7.11 Å². The van der Waals surface area contributed by atoms with Gasteiger partial charge in [-0.1, -0.05) is 6.07 Å². The molecule has 1 aliphatic heterocycles. The third-order valence-electron chi connectivity index (χ3n) is 3.48. The van der Waals surface area contributed by atoms with Crippen molar-refractivity contribution in [3.63, 3.8) is 0 Å². The van der Waals surface area contributed by atoms with Gasteiger partial charge in [-0.15, -0.1) is 0 Å². The molecule has 5 heteroatoms. The van der Waals surface area contributed by atoms with Gasteiger partial charge in [-0.05, 0) is 18.2 Å². The molecule has 3 rings (SSSR count). The molecule has 0 saturated carbocycles. The minimum Gasteiger partial charge on any atom is -0.496 e. The second-order valence-electron chi connectivity index (χ2n) is 4.65. The van der Waals surface area contributed by atoms with Crippen LogP contribution in [0, 0.1) is 0 Å². The number of carbonyl (C=O) groups excluding carboxylic acids is 1. The number of rotatable bonds is 2. The summed E-state index contributed by atoms with van der Waals surface area (Å²) in [6.45, 7) is 3.22. The van der Waals surface area contributed by atoms with E-state index in [2.05, 4.69) is 10.3 Å². The number of hydrogen-bond acceptors (Lipinski definition) is 3. The Bertz CT molecular complexity index is 600. The Morgan fingerprint density at radius 2 is 2.11 bits per heavy atom. The van der Waals surface area contributed by atoms with E-state index in [0.29, 0.717) is 5.69 Å². The number of aromatic amines is 1. The van der Waals surface area contributed by atoms with Crippen molar-refractivity contribution in [1.29, 1.82) is 0 Å². The third-order valence-corrected chi connectivity index (χ3v) is 3.48. The second-order valence-corrected chi connectivity index (χ2v) is 4.65. The molecule has 1 saturated heterocycles. The van der Waals surface area contributed by atoms with E-state index in [0.717, 1.165) is 42.8 Å². The van der Waals surface area contributed by atoms with Crippen molar-refractivity contribution < 1.29 is 9.53 Å². The predicted octanol–water partition coefficient (Wildman–Crippen LogP) is 1.22. The van der Waals surface area contributed by atoms with Crippen LogP contribution in [-0.4, -0.2) is 49.1 Å². The van der Waals surface area contributed by atoms with Crippen molar-refractivity contribution in [2.24, 2.45) is 0 Å². The molecule has 0 aliphatic carbocycles. The summed E-state index contributed by atoms with van der Waals surface area (Å²) in [4.78, 5) is 17.4. The highest BCUT2D eigenvalue weighted by atomic mass is 16.5. The van der Waals surface area contributed by atoms with E-state index in [1.807, 2.05) is 29.2 Å². The molecule has 1 aromatic heterocycles. The van der Waals surface area contributed by atoms with Crippen LogP contribution in [0.5, 0.6) is 5.75 Å². The van der Waals surface area contributed by atoms with Gasteiger partial charge in [-0.2, -0.15) is 0 Å². The summed E-state index contributed by atoms with van der Waals surface area (Å²) in [5.74, 6) is 0.841. The zero-order valence-electron chi connectivity index (χ0n) is 10.9. The molecule has 2 aromatic rings. The topological polar surface area (TPSA) is 57.4 Å². The smallest absolute Gasteiger partial charge is 0.270 e. The number of aromatic nitrogens is 1. The van der Waals surface area contributed by atoms with Gasteiger partial charge in [-0.3, -0.25) is 4.79 Å². The zero-order chi connectivity index (χ0) is 13.2. The van der Waals surface area contributed by atoms with Crippen molar-refractivity contribution in [2.45, 2.75) is 0 Å². The first-order valence-corrected chi connectivity index (χ1v) is 6.45. The van der Waals surface area contributed by atoms with Gasteiger partial charge in [0, 0.05) is 37.1 Å². The molecular formula is C14H17N3O2. The molecule has 0 spiro atoms. The molecule has 0 unspecified atom stereocenters. The molecule has 1 fully saturated rings. The number of nitrogens with one attached hydrogen (secondary N) is 2. The Hall–Kier alpha value is -2.01. The predicted molar refractivity (Wildman–Crippen MR) is 73.6 cm³/mol. The zero-order valence-corrected chi connectivity index (χ0v) is 10.9. The average molecular weight is 259 g/mol. The van der Waals surface area contributed by atoms with Gasteiger partial charge in [0.15, 0.2) is 0 Å². The van der Waals surface area contributed by atoms with Crippen molar-refractivity contribution in [3.05, 3.63) is 30.0 Å². The average Bonchev–Trinajstić information content (AvgIpc) is 2.91. The van der Waals surface area contributed by atoms with Crippen LogP contribution in [0.25, 0.3) is 10.9 Å². The summed E-state index contributed by atoms with van der Waals surface area (Å²) in [6.07, 6.45) is 0. The maximum Gasteiger partial charge on any atom is 0.270 e. The molecule has 1 aliphatic rings. The Morgan fingerprint density at radius 1 is 1.32 bits per heavy atom. The number of methoxy groups -OCH3 is 1. The molecule has 5 nitrogen and oxygen atoms in total. The fourth-order valence-electron chi connectivity index (χ4n) is 2.46. The summed E-state index contributed by atoms with van der Waals surface area (Å²) < 4.78 is 5.31. The molecule has 0 atom stereocenters. The lowest BCUT2D eigenvalue weighted by atomic mass is 10.2. The van der Waals surface area contributed by atoms with Crippen LogP contribution in [-0.2, 0) is 0 Å². The molecule has 1 aromatic carbocycles. The largest absolute Gasteiger partial charge is 0.496 e. The van der Waals surface area contributed by atoms with Gasteiger partial charge >= 0.3 is 0 Å². The number of nitrogens with zero attached hydrogens (tertiary/aromatic N) is 1. The molecule has 1 amide bonds. The van der Waals surface area contributed by atoms with Crippen molar-refractivity contribution in [2.75, 3.05) is 33.3 Å². The number of ether oxygens (including phenoxy) is 1. The van der Waals surface area contributed by atoms with Crippen molar-refractivity contribution in [1.82, 2.24) is 15.2 Å². The first-order valence-electron chi connectivity index (χ1n) is 6.45. The Morgan fingerprint density at radius 3 is 2.84 bits per heavy atom. The van der Waals surface area contributed by atoms with E-state index in [1.54, 1.807) is 7.11 Å². The van der Waals surface area contributed by atoms with Gasteiger partial charge < -0.3 is 19.9 Å². The van der Waals surface area contributed by atoms with Crippen LogP contribution in [0.2, 0.25) is 0 Å². The maximum atomic E-state index is 12.4. The van der Waals surface area contributed by atoms with Crippen LogP contribution in [0.3, 0.4) is 0 Å². The fraction of sp³-hybridized carbons (Fsp3) is 0.357. The third kappa shape index (κ3) is 2.17. The summed E-state index contributed by atoms with van der Waals surface area (Å²) in [7, 11) is 1.64. The number of piperazine rings is 1. The van der Waals surface area contributed by atoms with Crippen LogP contribution < -0.4 is 10.1 Å². The van der Waals surface area contributed by atoms with E-state index in [9.17, 15) is 4.79 Å². The van der Waals surface area contributed by atoms with Crippen molar-refractivity contribution in [3.8, 4) is 5.75 Å². The van der Waals surface area contributed by atoms with Gasteiger partial charge in [0.25, 0.3) is 5.91 Å². The Balaban J connectivity index is 1.94. The van der Waals surface area contributed by atoms with Crippen LogP contribution >= 0.6 is 0 Å². The summed E-state index contributed by atoms with van der Waals surface area (Å²) in [6, 6.07) is 7.64. The molecular weight excluding hydrogens is 242 g/mol. The van der Waals surface area contributed by atoms with E-state index < -0.39 is 0 Å². The highest BCUT2D eigenvalue weighted by molar-refractivity contribution is 5.99. The SMILES string of the molecule is COc1cccc2[nH]c(C(=O)N3CCNCC3)cc12. The fourth-order valence-corrected chi connectivity index (χ4v) is 2.46. The number of amides is 1. The van der Waals surface area contributed by atoms with Crippen LogP contribution in [0.1, 0.15) is 10.5 Å². The molecule has 19 heavy (non-hydrogen) atoms. The van der Waals surface area contributed by atoms with Crippen molar-refractivity contribution >= 4 is 16.8 Å². The molecule has 0 radical (unpaired) electrons. The van der Waals surface area contributed by atoms with Crippen LogP contribution in [0.4, 0.5) is 0 Å². The molecule has 2 N–H and O–H groups in total. The maximum absolute atomic E-state index is 12.4. The van der Waals surface area contributed by atoms with Gasteiger partial charge in [-0.25, -0.2) is 0 Å². The lowest BCUT2D eigenvalue weighted by molar-refractivity contribution is 0.0731. The summed E-state index contributed by atoms with van der Waals surface area (Å²) in [5, 5.41) is 4.19. The van der Waals surface area contributed by atoms with Gasteiger partial charge in [0.1, 0.15) is 11.4 Å². The highest BCUT2D eigenvalue weighted by Gasteiger charge is 2.20. The quantitative estimate of drug-likeness (QED) is 0.852. The number of hydrogen-bond donors (Lipinski definition) is 2. The number of benzene rings is 1. The van der Waals surface area contributed by atoms with E-state index in [1.165, 1.54) is 0 Å². The number of H-pyrrole nitrogens is 1. The first kappa shape index (κ1) is 12.0. The Kier molecular flexibility index (Phi) is 3.13. The van der Waals surface area contributed by atoms with E-state index in [-0.39, 0.29) is 5.91 Å². The van der Waals surface area contributed by atoms with Crippen LogP contribution in [0.15, 0.2) is 24.3 Å². The molecule has 0 bridgehead atoms. The molecule has 2 heterocycles. The van der Waals surface area contributed by atoms with E-state index >= 15 is 0 Å². The summed E-state index contributed by atoms with van der Waals surface area (Å²) >= 11 is 0. The lowest BCUT2D eigenvalue weighted by Gasteiger charge is -2.26. The molecule has 100 valence electrons. The highest BCUT2D eigenvalue weighted by Crippen LogP contribution is 2.26. The van der Waals surface area contributed by atoms with Gasteiger partial charge in [0.2, 0.25) is 0 Å². The monoisotopic (exact) mass is 259 g/mol. The van der Waals surface area contributed by atoms with E-state index in [4.69, 9.17) is 4.74 Å². The standard InChI is InChI=1S/C14H17N3O2/c1-19-13-4-2-3-11-10(13)9-12(16-11)14(18)17-7-5-15-6-8-17/h2-4,9,15-16H,5-8H2,1H3. The number of fused-ring (bicyclic) bond motifs is 1. The minimum absolute atomic E-state index is 0.0553. The Labute approximate surface area is 111 Å².